The number of aromatic nitrogens is 2. The number of nitrogens with one attached hydrogen (secondary N) is 4. The predicted octanol–water partition coefficient (Wildman–Crippen LogP) is 1.64. The molecule has 0 unspecified atom stereocenters. The first kappa shape index (κ1) is 21.1. The molecule has 0 fully saturated rings. The Morgan fingerprint density at radius 2 is 0.964 bits per heavy atom. The van der Waals surface area contributed by atoms with E-state index in [9.17, 15) is 9.59 Å². The molecule has 28 heavy (non-hydrogen) atoms. The van der Waals surface area contributed by atoms with Gasteiger partial charge < -0.3 is 21.3 Å². The van der Waals surface area contributed by atoms with Gasteiger partial charge in [0.1, 0.15) is 0 Å². The van der Waals surface area contributed by atoms with Crippen LogP contribution in [0.4, 0.5) is 9.59 Å². The van der Waals surface area contributed by atoms with Crippen molar-refractivity contribution in [2.45, 2.75) is 25.7 Å². The van der Waals surface area contributed by atoms with E-state index in [1.807, 2.05) is 24.3 Å². The largest absolute Gasteiger partial charge is 0.338 e. The lowest BCUT2D eigenvalue weighted by Gasteiger charge is -2.09. The van der Waals surface area contributed by atoms with Crippen LogP contribution in [0.1, 0.15) is 24.0 Å². The average molecular weight is 384 g/mol. The maximum Gasteiger partial charge on any atom is 0.314 e. The Morgan fingerprint density at radius 1 is 0.607 bits per heavy atom. The van der Waals surface area contributed by atoms with Crippen LogP contribution in [0.3, 0.4) is 0 Å². The van der Waals surface area contributed by atoms with Crippen molar-refractivity contribution in [3.05, 3.63) is 60.2 Å². The van der Waals surface area contributed by atoms with Crippen molar-refractivity contribution in [2.24, 2.45) is 0 Å². The molecule has 2 rings (SSSR count). The number of urea groups is 2. The first-order valence-corrected chi connectivity index (χ1v) is 9.55. The Labute approximate surface area is 165 Å². The summed E-state index contributed by atoms with van der Waals surface area (Å²) in [6.07, 6.45) is 10.1. The summed E-state index contributed by atoms with van der Waals surface area (Å²) in [5, 5.41) is 11.3. The maximum atomic E-state index is 11.7. The number of pyridine rings is 2. The Hall–Kier alpha value is -3.16. The van der Waals surface area contributed by atoms with Gasteiger partial charge in [-0.15, -0.1) is 0 Å². The van der Waals surface area contributed by atoms with Crippen LogP contribution in [-0.4, -0.2) is 48.2 Å². The average Bonchev–Trinajstić information content (AvgIpc) is 2.72. The zero-order valence-corrected chi connectivity index (χ0v) is 16.0. The predicted molar refractivity (Wildman–Crippen MR) is 108 cm³/mol. The summed E-state index contributed by atoms with van der Waals surface area (Å²) in [6, 6.07) is 7.39. The van der Waals surface area contributed by atoms with Gasteiger partial charge in [0.25, 0.3) is 0 Å². The van der Waals surface area contributed by atoms with E-state index >= 15 is 0 Å². The van der Waals surface area contributed by atoms with Crippen molar-refractivity contribution in [1.82, 2.24) is 31.2 Å². The fourth-order valence-electron chi connectivity index (χ4n) is 2.52. The topological polar surface area (TPSA) is 108 Å². The molecule has 4 N–H and O–H groups in total. The van der Waals surface area contributed by atoms with Gasteiger partial charge in [0.15, 0.2) is 0 Å². The third-order valence-corrected chi connectivity index (χ3v) is 4.07. The van der Waals surface area contributed by atoms with E-state index in [4.69, 9.17) is 0 Å². The summed E-state index contributed by atoms with van der Waals surface area (Å²) in [7, 11) is 0. The SMILES string of the molecule is O=C(NCCCCNC(=O)NCCc1ccncc1)NCCc1ccncc1. The number of rotatable bonds is 11. The van der Waals surface area contributed by atoms with Crippen molar-refractivity contribution in [1.29, 1.82) is 0 Å². The van der Waals surface area contributed by atoms with Gasteiger partial charge in [0, 0.05) is 51.0 Å². The minimum atomic E-state index is -0.170. The molecule has 2 aromatic rings. The minimum Gasteiger partial charge on any atom is -0.338 e. The molecule has 2 aromatic heterocycles. The number of nitrogens with zero attached hydrogens (tertiary/aromatic N) is 2. The van der Waals surface area contributed by atoms with Crippen LogP contribution in [0.15, 0.2) is 49.1 Å². The minimum absolute atomic E-state index is 0.170. The van der Waals surface area contributed by atoms with Gasteiger partial charge in [-0.1, -0.05) is 0 Å². The van der Waals surface area contributed by atoms with Crippen LogP contribution in [0.5, 0.6) is 0 Å². The molecule has 0 aliphatic heterocycles. The fraction of sp³-hybridized carbons (Fsp3) is 0.400. The summed E-state index contributed by atoms with van der Waals surface area (Å²) in [5.74, 6) is 0. The molecule has 0 saturated heterocycles. The molecule has 8 heteroatoms. The summed E-state index contributed by atoms with van der Waals surface area (Å²) < 4.78 is 0. The van der Waals surface area contributed by atoms with E-state index < -0.39 is 0 Å². The maximum absolute atomic E-state index is 11.7. The van der Waals surface area contributed by atoms with Crippen LogP contribution >= 0.6 is 0 Å². The van der Waals surface area contributed by atoms with Gasteiger partial charge in [0.05, 0.1) is 0 Å². The molecule has 8 nitrogen and oxygen atoms in total. The van der Waals surface area contributed by atoms with Gasteiger partial charge in [-0.2, -0.15) is 0 Å². The number of amides is 4. The second kappa shape index (κ2) is 13.1. The summed E-state index contributed by atoms with van der Waals surface area (Å²) in [4.78, 5) is 31.3. The van der Waals surface area contributed by atoms with Crippen LogP contribution < -0.4 is 21.3 Å². The van der Waals surface area contributed by atoms with Crippen LogP contribution in [-0.2, 0) is 12.8 Å². The molecular formula is C20H28N6O2. The van der Waals surface area contributed by atoms with E-state index in [1.54, 1.807) is 24.8 Å². The molecule has 0 bridgehead atoms. The number of hydrogen-bond acceptors (Lipinski definition) is 4. The third kappa shape index (κ3) is 9.51. The van der Waals surface area contributed by atoms with E-state index in [0.29, 0.717) is 26.2 Å². The number of carbonyl (C=O) groups is 2. The van der Waals surface area contributed by atoms with Gasteiger partial charge in [0.2, 0.25) is 0 Å². The van der Waals surface area contributed by atoms with Crippen molar-refractivity contribution in [2.75, 3.05) is 26.2 Å². The van der Waals surface area contributed by atoms with E-state index in [1.165, 1.54) is 0 Å². The van der Waals surface area contributed by atoms with Gasteiger partial charge in [-0.25, -0.2) is 9.59 Å². The van der Waals surface area contributed by atoms with Crippen LogP contribution in [0.25, 0.3) is 0 Å². The van der Waals surface area contributed by atoms with Crippen molar-refractivity contribution < 1.29 is 9.59 Å². The lowest BCUT2D eigenvalue weighted by Crippen LogP contribution is -2.38. The molecule has 4 amide bonds. The smallest absolute Gasteiger partial charge is 0.314 e. The molecule has 0 saturated carbocycles. The first-order valence-electron chi connectivity index (χ1n) is 9.55. The van der Waals surface area contributed by atoms with Gasteiger partial charge >= 0.3 is 12.1 Å². The zero-order valence-electron chi connectivity index (χ0n) is 16.0. The summed E-state index contributed by atoms with van der Waals surface area (Å²) in [5.41, 5.74) is 2.28. The monoisotopic (exact) mass is 384 g/mol. The highest BCUT2D eigenvalue weighted by Gasteiger charge is 2.01. The Balaban J connectivity index is 1.40. The van der Waals surface area contributed by atoms with Crippen LogP contribution in [0.2, 0.25) is 0 Å². The zero-order chi connectivity index (χ0) is 19.9. The van der Waals surface area contributed by atoms with E-state index in [0.717, 1.165) is 36.8 Å². The highest BCUT2D eigenvalue weighted by atomic mass is 16.2. The molecule has 0 aromatic carbocycles. The molecule has 0 atom stereocenters. The number of unbranched alkanes of at least 4 members (excludes halogenated alkanes) is 1. The molecular weight excluding hydrogens is 356 g/mol. The normalized spacial score (nSPS) is 10.1. The second-order valence-corrected chi connectivity index (χ2v) is 6.28. The molecule has 150 valence electrons. The van der Waals surface area contributed by atoms with Gasteiger partial charge in [-0.3, -0.25) is 9.97 Å². The van der Waals surface area contributed by atoms with E-state index in [-0.39, 0.29) is 12.1 Å². The summed E-state index contributed by atoms with van der Waals surface area (Å²) in [6.45, 7) is 2.31. The lowest BCUT2D eigenvalue weighted by molar-refractivity contribution is 0.238. The Morgan fingerprint density at radius 3 is 1.36 bits per heavy atom. The Kier molecular flexibility index (Phi) is 9.87. The standard InChI is InChI=1S/C20H28N6O2/c27-19(25-15-7-17-3-11-21-12-4-17)23-9-1-2-10-24-20(28)26-16-8-18-5-13-22-14-6-18/h3-6,11-14H,1-2,7-10,15-16H2,(H2,23,25,27)(H2,24,26,28). The highest BCUT2D eigenvalue weighted by molar-refractivity contribution is 5.74. The fourth-order valence-corrected chi connectivity index (χ4v) is 2.52. The van der Waals surface area contributed by atoms with Crippen LogP contribution in [0, 0.1) is 0 Å². The lowest BCUT2D eigenvalue weighted by atomic mass is 10.2. The van der Waals surface area contributed by atoms with E-state index in [2.05, 4.69) is 31.2 Å². The van der Waals surface area contributed by atoms with Crippen molar-refractivity contribution in [3.63, 3.8) is 0 Å². The molecule has 0 spiro atoms. The number of hydrogen-bond donors (Lipinski definition) is 4. The molecule has 0 radical (unpaired) electrons. The van der Waals surface area contributed by atoms with Crippen molar-refractivity contribution >= 4 is 12.1 Å². The molecule has 0 aliphatic rings. The molecule has 0 aliphatic carbocycles. The highest BCUT2D eigenvalue weighted by Crippen LogP contribution is 1.96. The Bertz CT molecular complexity index is 635. The molecule has 2 heterocycles. The quantitative estimate of drug-likeness (QED) is 0.442. The second-order valence-electron chi connectivity index (χ2n) is 6.28. The summed E-state index contributed by atoms with van der Waals surface area (Å²) >= 11 is 0. The van der Waals surface area contributed by atoms with Crippen molar-refractivity contribution in [3.8, 4) is 0 Å². The number of carbonyl (C=O) groups excluding carboxylic acids is 2. The third-order valence-electron chi connectivity index (χ3n) is 4.07. The first-order chi connectivity index (χ1) is 13.7. The van der Waals surface area contributed by atoms with Gasteiger partial charge in [-0.05, 0) is 61.1 Å².